The minimum Gasteiger partial charge on any atom is -0.395 e. The van der Waals surface area contributed by atoms with Gasteiger partial charge < -0.3 is 16.2 Å². The summed E-state index contributed by atoms with van der Waals surface area (Å²) >= 11 is 0. The maximum absolute atomic E-state index is 11.8. The van der Waals surface area contributed by atoms with Gasteiger partial charge in [0, 0.05) is 18.3 Å². The Hall–Kier alpha value is -3.45. The number of aliphatic hydroxyl groups is 1. The predicted octanol–water partition coefficient (Wildman–Crippen LogP) is 1.74. The third kappa shape index (κ3) is 3.71. The zero-order valence-electron chi connectivity index (χ0n) is 16.5. The average Bonchev–Trinajstić information content (AvgIpc) is 3.50. The van der Waals surface area contributed by atoms with E-state index in [0.717, 1.165) is 18.4 Å². The number of primary amides is 1. The fourth-order valence-corrected chi connectivity index (χ4v) is 4.19. The Labute approximate surface area is 173 Å². The minimum atomic E-state index is -0.598. The average molecular weight is 408 g/mol. The first-order valence-corrected chi connectivity index (χ1v) is 10.1. The van der Waals surface area contributed by atoms with Crippen LogP contribution in [-0.2, 0) is 0 Å². The number of nitrogens with zero attached hydrogens (tertiary/aromatic N) is 6. The van der Waals surface area contributed by atoms with Gasteiger partial charge in [-0.15, -0.1) is 5.10 Å². The molecule has 0 spiro atoms. The summed E-state index contributed by atoms with van der Waals surface area (Å²) in [5.41, 5.74) is 7.68. The molecule has 3 aromatic heterocycles. The molecule has 0 saturated heterocycles. The molecule has 156 valence electrons. The van der Waals surface area contributed by atoms with Crippen molar-refractivity contribution in [3.8, 4) is 17.3 Å². The maximum Gasteiger partial charge on any atom is 0.267 e. The van der Waals surface area contributed by atoms with Gasteiger partial charge in [0.1, 0.15) is 11.4 Å². The Bertz CT molecular complexity index is 1090. The minimum absolute atomic E-state index is 0.0315. The Balaban J connectivity index is 1.77. The van der Waals surface area contributed by atoms with Gasteiger partial charge in [-0.05, 0) is 30.9 Å². The van der Waals surface area contributed by atoms with Crippen LogP contribution in [0.1, 0.15) is 48.6 Å². The summed E-state index contributed by atoms with van der Waals surface area (Å²) in [6, 6.07) is 5.67. The summed E-state index contributed by atoms with van der Waals surface area (Å²) < 4.78 is 3.32. The van der Waals surface area contributed by atoms with E-state index in [-0.39, 0.29) is 30.8 Å². The molecule has 10 heteroatoms. The van der Waals surface area contributed by atoms with Gasteiger partial charge in [0.15, 0.2) is 0 Å². The molecule has 1 aliphatic carbocycles. The number of aromatic nitrogens is 5. The summed E-state index contributed by atoms with van der Waals surface area (Å²) in [6.45, 7) is 0.184. The molecule has 0 radical (unpaired) electrons. The highest BCUT2D eigenvalue weighted by Crippen LogP contribution is 2.36. The molecule has 4 rings (SSSR count). The molecule has 0 aliphatic heterocycles. The van der Waals surface area contributed by atoms with E-state index >= 15 is 0 Å². The molecule has 4 N–H and O–H groups in total. The Kier molecular flexibility index (Phi) is 5.63. The van der Waals surface area contributed by atoms with Crippen molar-refractivity contribution in [1.29, 1.82) is 5.26 Å². The van der Waals surface area contributed by atoms with Gasteiger partial charge in [0.25, 0.3) is 5.91 Å². The van der Waals surface area contributed by atoms with Crippen LogP contribution in [-0.4, -0.2) is 48.5 Å². The number of carbonyl (C=O) groups is 1. The van der Waals surface area contributed by atoms with E-state index in [4.69, 9.17) is 10.8 Å². The lowest BCUT2D eigenvalue weighted by atomic mass is 9.96. The number of fused-ring (bicyclic) bond motifs is 1. The molecule has 1 fully saturated rings. The second kappa shape index (κ2) is 8.51. The van der Waals surface area contributed by atoms with Crippen LogP contribution in [0.5, 0.6) is 0 Å². The first-order valence-electron chi connectivity index (χ1n) is 10.1. The zero-order chi connectivity index (χ0) is 21.1. The van der Waals surface area contributed by atoms with Crippen LogP contribution in [0.2, 0.25) is 0 Å². The molecule has 1 atom stereocenters. The van der Waals surface area contributed by atoms with Crippen LogP contribution in [0.25, 0.3) is 16.8 Å². The van der Waals surface area contributed by atoms with Crippen LogP contribution in [0.3, 0.4) is 0 Å². The molecular weight excluding hydrogens is 384 g/mol. The molecule has 30 heavy (non-hydrogen) atoms. The van der Waals surface area contributed by atoms with Gasteiger partial charge in [-0.3, -0.25) is 9.48 Å². The summed E-state index contributed by atoms with van der Waals surface area (Å²) in [4.78, 5) is 16.4. The number of anilines is 1. The van der Waals surface area contributed by atoms with Crippen LogP contribution < -0.4 is 11.1 Å². The first-order chi connectivity index (χ1) is 14.6. The van der Waals surface area contributed by atoms with Crippen molar-refractivity contribution < 1.29 is 9.90 Å². The van der Waals surface area contributed by atoms with Crippen LogP contribution >= 0.6 is 0 Å². The maximum atomic E-state index is 11.8. The molecule has 1 amide bonds. The van der Waals surface area contributed by atoms with Gasteiger partial charge >= 0.3 is 0 Å². The van der Waals surface area contributed by atoms with E-state index in [9.17, 15) is 10.1 Å². The molecule has 0 aromatic carbocycles. The highest BCUT2D eigenvalue weighted by atomic mass is 16.3. The summed E-state index contributed by atoms with van der Waals surface area (Å²) in [7, 11) is 0. The van der Waals surface area contributed by atoms with Crippen molar-refractivity contribution in [3.63, 3.8) is 0 Å². The number of nitriles is 1. The topological polar surface area (TPSA) is 147 Å². The van der Waals surface area contributed by atoms with Crippen molar-refractivity contribution in [2.24, 2.45) is 11.7 Å². The van der Waals surface area contributed by atoms with Crippen molar-refractivity contribution in [1.82, 2.24) is 24.4 Å². The highest BCUT2D eigenvalue weighted by Gasteiger charge is 2.27. The van der Waals surface area contributed by atoms with Crippen LogP contribution in [0.4, 0.5) is 5.95 Å². The van der Waals surface area contributed by atoms with E-state index in [0.29, 0.717) is 23.5 Å². The lowest BCUT2D eigenvalue weighted by Gasteiger charge is -2.21. The van der Waals surface area contributed by atoms with Crippen molar-refractivity contribution in [2.75, 3.05) is 18.5 Å². The van der Waals surface area contributed by atoms with Crippen LogP contribution in [0, 0.1) is 17.2 Å². The van der Waals surface area contributed by atoms with Crippen LogP contribution in [0.15, 0.2) is 24.5 Å². The number of nitrogens with one attached hydrogen (secondary N) is 1. The van der Waals surface area contributed by atoms with E-state index in [1.807, 2.05) is 10.9 Å². The van der Waals surface area contributed by atoms with Gasteiger partial charge in [-0.1, -0.05) is 12.8 Å². The molecular formula is C20H24N8O2. The van der Waals surface area contributed by atoms with Crippen molar-refractivity contribution >= 4 is 17.4 Å². The third-order valence-electron chi connectivity index (χ3n) is 5.62. The summed E-state index contributed by atoms with van der Waals surface area (Å²) in [5.74, 6) is 0.112. The number of amides is 1. The number of hydrogen-bond acceptors (Lipinski definition) is 7. The number of hydrogen-bond donors (Lipinski definition) is 3. The van der Waals surface area contributed by atoms with E-state index in [1.165, 1.54) is 17.4 Å². The smallest absolute Gasteiger partial charge is 0.267 e. The normalized spacial score (nSPS) is 15.3. The second-order valence-corrected chi connectivity index (χ2v) is 7.50. The zero-order valence-corrected chi connectivity index (χ0v) is 16.5. The quantitative estimate of drug-likeness (QED) is 0.514. The Morgan fingerprint density at radius 3 is 2.90 bits per heavy atom. The molecule has 0 bridgehead atoms. The first kappa shape index (κ1) is 19.8. The number of nitrogens with two attached hydrogens (primary N) is 1. The lowest BCUT2D eigenvalue weighted by molar-refractivity contribution is 0.0993. The lowest BCUT2D eigenvalue weighted by Crippen LogP contribution is -2.18. The fraction of sp³-hybridized carbons (Fsp3) is 0.450. The fourth-order valence-electron chi connectivity index (χ4n) is 4.19. The van der Waals surface area contributed by atoms with Crippen molar-refractivity contribution in [2.45, 2.75) is 38.1 Å². The van der Waals surface area contributed by atoms with Gasteiger partial charge in [0.05, 0.1) is 36.9 Å². The van der Waals surface area contributed by atoms with Crippen molar-refractivity contribution in [3.05, 3.63) is 30.2 Å². The molecule has 10 nitrogen and oxygen atoms in total. The summed E-state index contributed by atoms with van der Waals surface area (Å²) in [6.07, 6.45) is 8.61. The standard InChI is InChI=1S/C20H24N8O2/c21-8-7-15(13-3-1-2-4-13)27-12-14(11-24-27)18-16-5-6-17(19(22)30)28(16)26-20(25-18)23-9-10-29/h5-6,11-13,15,29H,1-4,7,9-10H2,(H2,22,30)(H,23,26). The van der Waals surface area contributed by atoms with Gasteiger partial charge in [-0.25, -0.2) is 9.50 Å². The number of aliphatic hydroxyl groups excluding tert-OH is 1. The number of carbonyl (C=O) groups excluding carboxylic acids is 1. The molecule has 3 heterocycles. The number of rotatable bonds is 8. The Morgan fingerprint density at radius 1 is 1.40 bits per heavy atom. The van der Waals surface area contributed by atoms with E-state index in [2.05, 4.69) is 26.6 Å². The SMILES string of the molecule is N#CCC(C1CCCC1)n1cc(-c2nc(NCCO)nn3c(C(N)=O)ccc23)cn1. The van der Waals surface area contributed by atoms with Gasteiger partial charge in [-0.2, -0.15) is 10.4 Å². The predicted molar refractivity (Wildman–Crippen MR) is 110 cm³/mol. The van der Waals surface area contributed by atoms with E-state index in [1.54, 1.807) is 18.3 Å². The molecule has 3 aromatic rings. The molecule has 1 aliphatic rings. The van der Waals surface area contributed by atoms with E-state index < -0.39 is 5.91 Å². The highest BCUT2D eigenvalue weighted by molar-refractivity contribution is 5.93. The third-order valence-corrected chi connectivity index (χ3v) is 5.62. The molecule has 1 unspecified atom stereocenters. The second-order valence-electron chi connectivity index (χ2n) is 7.50. The summed E-state index contributed by atoms with van der Waals surface area (Å²) in [5, 5.41) is 30.2. The molecule has 1 saturated carbocycles. The van der Waals surface area contributed by atoms with Gasteiger partial charge in [0.2, 0.25) is 5.95 Å². The largest absolute Gasteiger partial charge is 0.395 e. The monoisotopic (exact) mass is 408 g/mol. The Morgan fingerprint density at radius 2 is 2.20 bits per heavy atom.